The highest BCUT2D eigenvalue weighted by atomic mass is 19.1. The first kappa shape index (κ1) is 12.2. The van der Waals surface area contributed by atoms with E-state index in [2.05, 4.69) is 29.6 Å². The normalized spacial score (nSPS) is 17.9. The molecule has 0 saturated heterocycles. The monoisotopic (exact) mass is 255 g/mol. The Morgan fingerprint density at radius 2 is 2.00 bits per heavy atom. The van der Waals surface area contributed by atoms with Crippen molar-refractivity contribution in [3.05, 3.63) is 65.0 Å². The summed E-state index contributed by atoms with van der Waals surface area (Å²) in [6, 6.07) is 13.9. The molecule has 0 bridgehead atoms. The largest absolute Gasteiger partial charge is 0.378 e. The van der Waals surface area contributed by atoms with Gasteiger partial charge in [-0.2, -0.15) is 0 Å². The molecular weight excluding hydrogens is 237 g/mol. The number of rotatable bonds is 2. The Hall–Kier alpha value is -1.83. The van der Waals surface area contributed by atoms with Gasteiger partial charge in [0.15, 0.2) is 0 Å². The van der Waals surface area contributed by atoms with Crippen LogP contribution in [-0.4, -0.2) is 0 Å². The molecule has 19 heavy (non-hydrogen) atoms. The summed E-state index contributed by atoms with van der Waals surface area (Å²) in [6.45, 7) is 1.94. The second-order valence-electron chi connectivity index (χ2n) is 5.25. The standard InChI is InChI=1S/C17H18FN/c1-12-11-14(18)9-10-16(12)19-17-8-4-6-13-5-2-3-7-15(13)17/h2-3,5,7,9-11,17,19H,4,6,8H2,1H3. The van der Waals surface area contributed by atoms with Crippen LogP contribution in [0.25, 0.3) is 0 Å². The molecule has 0 aliphatic heterocycles. The first-order chi connectivity index (χ1) is 9.24. The van der Waals surface area contributed by atoms with Gasteiger partial charge in [-0.1, -0.05) is 24.3 Å². The van der Waals surface area contributed by atoms with Gasteiger partial charge in [-0.15, -0.1) is 0 Å². The Kier molecular flexibility index (Phi) is 3.24. The molecule has 0 fully saturated rings. The number of hydrogen-bond donors (Lipinski definition) is 1. The molecule has 0 amide bonds. The fourth-order valence-corrected chi connectivity index (χ4v) is 2.88. The van der Waals surface area contributed by atoms with E-state index in [1.54, 1.807) is 6.07 Å². The lowest BCUT2D eigenvalue weighted by Crippen LogP contribution is -2.17. The molecule has 0 spiro atoms. The van der Waals surface area contributed by atoms with E-state index in [4.69, 9.17) is 0 Å². The maximum absolute atomic E-state index is 13.1. The van der Waals surface area contributed by atoms with Crippen LogP contribution < -0.4 is 5.32 Å². The van der Waals surface area contributed by atoms with Crippen molar-refractivity contribution in [1.82, 2.24) is 0 Å². The molecule has 2 heteroatoms. The van der Waals surface area contributed by atoms with Gasteiger partial charge in [-0.3, -0.25) is 0 Å². The average Bonchev–Trinajstić information content (AvgIpc) is 2.42. The van der Waals surface area contributed by atoms with Crippen molar-refractivity contribution < 1.29 is 4.39 Å². The van der Waals surface area contributed by atoms with Gasteiger partial charge in [0.05, 0.1) is 6.04 Å². The third kappa shape index (κ3) is 2.48. The lowest BCUT2D eigenvalue weighted by Gasteiger charge is -2.27. The smallest absolute Gasteiger partial charge is 0.123 e. The van der Waals surface area contributed by atoms with Gasteiger partial charge in [-0.25, -0.2) is 4.39 Å². The van der Waals surface area contributed by atoms with Crippen molar-refractivity contribution in [3.63, 3.8) is 0 Å². The second-order valence-corrected chi connectivity index (χ2v) is 5.25. The minimum Gasteiger partial charge on any atom is -0.378 e. The van der Waals surface area contributed by atoms with E-state index in [9.17, 15) is 4.39 Å². The summed E-state index contributed by atoms with van der Waals surface area (Å²) in [4.78, 5) is 0. The van der Waals surface area contributed by atoms with Crippen molar-refractivity contribution in [3.8, 4) is 0 Å². The highest BCUT2D eigenvalue weighted by molar-refractivity contribution is 5.53. The molecule has 0 heterocycles. The van der Waals surface area contributed by atoms with Crippen LogP contribution >= 0.6 is 0 Å². The molecule has 3 rings (SSSR count). The van der Waals surface area contributed by atoms with Crippen molar-refractivity contribution >= 4 is 5.69 Å². The average molecular weight is 255 g/mol. The van der Waals surface area contributed by atoms with Gasteiger partial charge in [0.25, 0.3) is 0 Å². The van der Waals surface area contributed by atoms with E-state index in [1.165, 1.54) is 23.6 Å². The molecule has 1 atom stereocenters. The van der Waals surface area contributed by atoms with Crippen LogP contribution in [0.15, 0.2) is 42.5 Å². The summed E-state index contributed by atoms with van der Waals surface area (Å²) >= 11 is 0. The Bertz CT molecular complexity index is 592. The molecule has 1 aliphatic carbocycles. The van der Waals surface area contributed by atoms with Crippen LogP contribution in [0.1, 0.15) is 35.6 Å². The fraction of sp³-hybridized carbons (Fsp3) is 0.294. The molecule has 1 aliphatic rings. The molecule has 1 N–H and O–H groups in total. The first-order valence-corrected chi connectivity index (χ1v) is 6.84. The molecule has 1 unspecified atom stereocenters. The summed E-state index contributed by atoms with van der Waals surface area (Å²) in [5, 5.41) is 3.57. The Balaban J connectivity index is 1.88. The highest BCUT2D eigenvalue weighted by Crippen LogP contribution is 2.33. The number of anilines is 1. The van der Waals surface area contributed by atoms with Crippen molar-refractivity contribution in [1.29, 1.82) is 0 Å². The third-order valence-electron chi connectivity index (χ3n) is 3.89. The minimum absolute atomic E-state index is 0.174. The van der Waals surface area contributed by atoms with E-state index in [0.717, 1.165) is 24.1 Å². The van der Waals surface area contributed by atoms with Gasteiger partial charge < -0.3 is 5.32 Å². The molecule has 0 radical (unpaired) electrons. The summed E-state index contributed by atoms with van der Waals surface area (Å²) in [5.74, 6) is -0.174. The van der Waals surface area contributed by atoms with Crippen LogP contribution in [0.2, 0.25) is 0 Å². The van der Waals surface area contributed by atoms with E-state index < -0.39 is 0 Å². The number of nitrogens with one attached hydrogen (secondary N) is 1. The van der Waals surface area contributed by atoms with Crippen LogP contribution in [0.3, 0.4) is 0 Å². The number of aryl methyl sites for hydroxylation is 2. The number of benzene rings is 2. The van der Waals surface area contributed by atoms with Crippen LogP contribution in [0.4, 0.5) is 10.1 Å². The molecule has 2 aromatic rings. The quantitative estimate of drug-likeness (QED) is 0.825. The molecule has 0 saturated carbocycles. The van der Waals surface area contributed by atoms with E-state index >= 15 is 0 Å². The second kappa shape index (κ2) is 5.04. The van der Waals surface area contributed by atoms with Gasteiger partial charge in [0, 0.05) is 5.69 Å². The van der Waals surface area contributed by atoms with Crippen LogP contribution in [-0.2, 0) is 6.42 Å². The number of halogens is 1. The van der Waals surface area contributed by atoms with E-state index in [0.29, 0.717) is 6.04 Å². The first-order valence-electron chi connectivity index (χ1n) is 6.84. The number of fused-ring (bicyclic) bond motifs is 1. The lowest BCUT2D eigenvalue weighted by molar-refractivity contribution is 0.599. The summed E-state index contributed by atoms with van der Waals surface area (Å²) in [5.41, 5.74) is 4.81. The third-order valence-corrected chi connectivity index (χ3v) is 3.89. The minimum atomic E-state index is -0.174. The molecule has 0 aromatic heterocycles. The topological polar surface area (TPSA) is 12.0 Å². The maximum atomic E-state index is 13.1. The molecule has 2 aromatic carbocycles. The van der Waals surface area contributed by atoms with Gasteiger partial charge in [0.2, 0.25) is 0 Å². The molecule has 1 nitrogen and oxygen atoms in total. The molecule has 98 valence electrons. The van der Waals surface area contributed by atoms with Crippen molar-refractivity contribution in [2.45, 2.75) is 32.2 Å². The number of hydrogen-bond acceptors (Lipinski definition) is 1. The summed E-state index contributed by atoms with van der Waals surface area (Å²) < 4.78 is 13.1. The van der Waals surface area contributed by atoms with Gasteiger partial charge in [-0.05, 0) is 61.1 Å². The summed E-state index contributed by atoms with van der Waals surface area (Å²) in [7, 11) is 0. The van der Waals surface area contributed by atoms with Gasteiger partial charge in [0.1, 0.15) is 5.82 Å². The predicted octanol–water partition coefficient (Wildman–Crippen LogP) is 4.62. The van der Waals surface area contributed by atoms with Crippen molar-refractivity contribution in [2.24, 2.45) is 0 Å². The van der Waals surface area contributed by atoms with E-state index in [-0.39, 0.29) is 5.82 Å². The fourth-order valence-electron chi connectivity index (χ4n) is 2.88. The predicted molar refractivity (Wildman–Crippen MR) is 76.9 cm³/mol. The highest BCUT2D eigenvalue weighted by Gasteiger charge is 2.19. The Labute approximate surface area is 113 Å². The SMILES string of the molecule is Cc1cc(F)ccc1NC1CCCc2ccccc21. The Morgan fingerprint density at radius 3 is 2.84 bits per heavy atom. The zero-order valence-corrected chi connectivity index (χ0v) is 11.1. The lowest BCUT2D eigenvalue weighted by atomic mass is 9.87. The zero-order valence-electron chi connectivity index (χ0n) is 11.1. The van der Waals surface area contributed by atoms with E-state index in [1.807, 2.05) is 13.0 Å². The maximum Gasteiger partial charge on any atom is 0.123 e. The molecular formula is C17H18FN. The Morgan fingerprint density at radius 1 is 1.16 bits per heavy atom. The van der Waals surface area contributed by atoms with Gasteiger partial charge >= 0.3 is 0 Å². The van der Waals surface area contributed by atoms with Crippen LogP contribution in [0, 0.1) is 12.7 Å². The van der Waals surface area contributed by atoms with Crippen molar-refractivity contribution in [2.75, 3.05) is 5.32 Å². The van der Waals surface area contributed by atoms with Crippen LogP contribution in [0.5, 0.6) is 0 Å². The summed E-state index contributed by atoms with van der Waals surface area (Å²) in [6.07, 6.45) is 3.50. The zero-order chi connectivity index (χ0) is 13.2.